The molecule has 21 heavy (non-hydrogen) atoms. The Labute approximate surface area is 130 Å². The second-order valence-electron chi connectivity index (χ2n) is 6.13. The number of ether oxygens (including phenoxy) is 1. The van der Waals surface area contributed by atoms with Crippen LogP contribution in [0.25, 0.3) is 0 Å². The van der Waals surface area contributed by atoms with Gasteiger partial charge in [-0.25, -0.2) is 4.98 Å². The molecule has 2 rings (SSSR count). The zero-order valence-electron chi connectivity index (χ0n) is 13.4. The van der Waals surface area contributed by atoms with Crippen LogP contribution in [0, 0.1) is 13.8 Å². The van der Waals surface area contributed by atoms with Crippen LogP contribution in [0.2, 0.25) is 0 Å². The maximum Gasteiger partial charge on any atom is 0.140 e. The summed E-state index contributed by atoms with van der Waals surface area (Å²) in [6.45, 7) is 11.8. The Hall–Kier alpha value is -1.46. The molecule has 0 radical (unpaired) electrons. The van der Waals surface area contributed by atoms with E-state index in [0.717, 1.165) is 28.7 Å². The lowest BCUT2D eigenvalue weighted by atomic mass is 10.1. The van der Waals surface area contributed by atoms with Gasteiger partial charge in [-0.1, -0.05) is 0 Å². The van der Waals surface area contributed by atoms with Crippen molar-refractivity contribution in [2.75, 3.05) is 0 Å². The minimum absolute atomic E-state index is 0.0947. The van der Waals surface area contributed by atoms with Gasteiger partial charge in [-0.2, -0.15) is 0 Å². The monoisotopic (exact) mass is 305 g/mol. The first-order valence-electron chi connectivity index (χ1n) is 7.09. The van der Waals surface area contributed by atoms with Gasteiger partial charge in [-0.05, 0) is 46.8 Å². The maximum absolute atomic E-state index is 5.73. The van der Waals surface area contributed by atoms with Crippen molar-refractivity contribution in [1.82, 2.24) is 15.3 Å². The summed E-state index contributed by atoms with van der Waals surface area (Å²) in [5.74, 6) is 0.778. The molecule has 2 heterocycles. The molecule has 114 valence electrons. The van der Waals surface area contributed by atoms with Crippen LogP contribution in [0.1, 0.15) is 42.0 Å². The molecule has 2 aromatic rings. The third-order valence-electron chi connectivity index (χ3n) is 3.03. The van der Waals surface area contributed by atoms with Gasteiger partial charge in [0.2, 0.25) is 0 Å². The molecule has 0 aliphatic carbocycles. The van der Waals surface area contributed by atoms with Crippen LogP contribution in [-0.2, 0) is 13.2 Å². The number of aryl methyl sites for hydroxylation is 2. The number of nitrogens with zero attached hydrogens (tertiary/aromatic N) is 2. The highest BCUT2D eigenvalue weighted by atomic mass is 32.1. The van der Waals surface area contributed by atoms with E-state index in [1.807, 2.05) is 19.1 Å². The van der Waals surface area contributed by atoms with Crippen molar-refractivity contribution < 1.29 is 4.74 Å². The van der Waals surface area contributed by atoms with E-state index >= 15 is 0 Å². The van der Waals surface area contributed by atoms with Crippen molar-refractivity contribution in [3.05, 3.63) is 39.6 Å². The van der Waals surface area contributed by atoms with Crippen LogP contribution in [-0.4, -0.2) is 15.5 Å². The Bertz CT molecular complexity index is 565. The molecule has 4 nitrogen and oxygen atoms in total. The summed E-state index contributed by atoms with van der Waals surface area (Å²) < 4.78 is 5.73. The lowest BCUT2D eigenvalue weighted by Crippen LogP contribution is -2.35. The number of nitrogens with one attached hydrogen (secondary N) is 1. The molecule has 0 saturated carbocycles. The van der Waals surface area contributed by atoms with Crippen molar-refractivity contribution >= 4 is 11.3 Å². The molecule has 0 spiro atoms. The highest BCUT2D eigenvalue weighted by molar-refractivity contribution is 7.11. The number of thiazole rings is 1. The Morgan fingerprint density at radius 2 is 2.00 bits per heavy atom. The molecule has 0 fully saturated rings. The normalized spacial score (nSPS) is 11.7. The van der Waals surface area contributed by atoms with E-state index in [0.29, 0.717) is 6.61 Å². The van der Waals surface area contributed by atoms with Gasteiger partial charge in [-0.3, -0.25) is 4.98 Å². The highest BCUT2D eigenvalue weighted by Crippen LogP contribution is 2.19. The first kappa shape index (κ1) is 15.9. The lowest BCUT2D eigenvalue weighted by molar-refractivity contribution is 0.304. The Morgan fingerprint density at radius 3 is 2.52 bits per heavy atom. The van der Waals surface area contributed by atoms with Gasteiger partial charge in [0.25, 0.3) is 0 Å². The third-order valence-corrected chi connectivity index (χ3v) is 4.08. The summed E-state index contributed by atoms with van der Waals surface area (Å²) in [6, 6.07) is 3.95. The predicted octanol–water partition coefficient (Wildman–Crippen LogP) is 3.62. The standard InChI is InChI=1S/C16H23N3OS/c1-11-12(2)21-15(19-11)10-20-14-7-6-13(17-9-14)8-18-16(3,4)5/h6-7,9,18H,8,10H2,1-5H3. The summed E-state index contributed by atoms with van der Waals surface area (Å²) in [5.41, 5.74) is 2.19. The maximum atomic E-state index is 5.73. The smallest absolute Gasteiger partial charge is 0.140 e. The molecule has 0 saturated heterocycles. The molecule has 1 N–H and O–H groups in total. The van der Waals surface area contributed by atoms with Gasteiger partial charge in [0, 0.05) is 17.0 Å². The van der Waals surface area contributed by atoms with Crippen LogP contribution in [0.3, 0.4) is 0 Å². The number of aromatic nitrogens is 2. The molecule has 5 heteroatoms. The minimum atomic E-state index is 0.0947. The van der Waals surface area contributed by atoms with Crippen LogP contribution < -0.4 is 10.1 Å². The first-order valence-corrected chi connectivity index (χ1v) is 7.91. The van der Waals surface area contributed by atoms with Crippen molar-refractivity contribution in [2.24, 2.45) is 0 Å². The van der Waals surface area contributed by atoms with E-state index in [9.17, 15) is 0 Å². The Balaban J connectivity index is 1.87. The van der Waals surface area contributed by atoms with E-state index < -0.39 is 0 Å². The van der Waals surface area contributed by atoms with Gasteiger partial charge in [0.05, 0.1) is 17.6 Å². The van der Waals surface area contributed by atoms with E-state index in [1.54, 1.807) is 17.5 Å². The van der Waals surface area contributed by atoms with Crippen LogP contribution in [0.15, 0.2) is 18.3 Å². The van der Waals surface area contributed by atoms with Crippen molar-refractivity contribution in [3.8, 4) is 5.75 Å². The average Bonchev–Trinajstić information content (AvgIpc) is 2.74. The van der Waals surface area contributed by atoms with Gasteiger partial charge in [0.15, 0.2) is 0 Å². The predicted molar refractivity (Wildman–Crippen MR) is 86.7 cm³/mol. The molecule has 0 aromatic carbocycles. The fraction of sp³-hybridized carbons (Fsp3) is 0.500. The summed E-state index contributed by atoms with van der Waals surface area (Å²) in [5, 5.41) is 4.42. The van der Waals surface area contributed by atoms with E-state index in [2.05, 4.69) is 43.0 Å². The third kappa shape index (κ3) is 5.10. The molecule has 2 aromatic heterocycles. The topological polar surface area (TPSA) is 47.0 Å². The van der Waals surface area contributed by atoms with Gasteiger partial charge < -0.3 is 10.1 Å². The number of hydrogen-bond acceptors (Lipinski definition) is 5. The largest absolute Gasteiger partial charge is 0.485 e. The SMILES string of the molecule is Cc1nc(COc2ccc(CNC(C)(C)C)nc2)sc1C. The molecule has 0 amide bonds. The van der Waals surface area contributed by atoms with Crippen LogP contribution >= 0.6 is 11.3 Å². The molecular formula is C16H23N3OS. The zero-order valence-corrected chi connectivity index (χ0v) is 14.2. The van der Waals surface area contributed by atoms with E-state index in [-0.39, 0.29) is 5.54 Å². The quantitative estimate of drug-likeness (QED) is 0.916. The fourth-order valence-corrected chi connectivity index (χ4v) is 2.55. The summed E-state index contributed by atoms with van der Waals surface area (Å²) in [4.78, 5) is 10.1. The second-order valence-corrected chi connectivity index (χ2v) is 7.41. The number of hydrogen-bond donors (Lipinski definition) is 1. The molecular weight excluding hydrogens is 282 g/mol. The highest BCUT2D eigenvalue weighted by Gasteiger charge is 2.09. The zero-order chi connectivity index (χ0) is 15.5. The fourth-order valence-electron chi connectivity index (χ4n) is 1.70. The van der Waals surface area contributed by atoms with Crippen molar-refractivity contribution in [1.29, 1.82) is 0 Å². The van der Waals surface area contributed by atoms with Gasteiger partial charge in [0.1, 0.15) is 17.4 Å². The summed E-state index contributed by atoms with van der Waals surface area (Å²) in [6.07, 6.45) is 1.77. The van der Waals surface area contributed by atoms with E-state index in [1.165, 1.54) is 4.88 Å². The molecule has 0 aliphatic heterocycles. The van der Waals surface area contributed by atoms with Gasteiger partial charge in [-0.15, -0.1) is 11.3 Å². The summed E-state index contributed by atoms with van der Waals surface area (Å²) >= 11 is 1.68. The average molecular weight is 305 g/mol. The van der Waals surface area contributed by atoms with Crippen molar-refractivity contribution in [2.45, 2.75) is 53.3 Å². The number of rotatable bonds is 5. The molecule has 0 bridgehead atoms. The second kappa shape index (κ2) is 6.54. The molecule has 0 aliphatic rings. The molecule has 0 unspecified atom stereocenters. The van der Waals surface area contributed by atoms with Crippen LogP contribution in [0.5, 0.6) is 5.75 Å². The lowest BCUT2D eigenvalue weighted by Gasteiger charge is -2.20. The number of pyridine rings is 1. The van der Waals surface area contributed by atoms with Crippen LogP contribution in [0.4, 0.5) is 0 Å². The minimum Gasteiger partial charge on any atom is -0.485 e. The Kier molecular flexibility index (Phi) is 4.96. The van der Waals surface area contributed by atoms with Crippen molar-refractivity contribution in [3.63, 3.8) is 0 Å². The van der Waals surface area contributed by atoms with Gasteiger partial charge >= 0.3 is 0 Å². The Morgan fingerprint density at radius 1 is 1.24 bits per heavy atom. The molecule has 0 atom stereocenters. The summed E-state index contributed by atoms with van der Waals surface area (Å²) in [7, 11) is 0. The van der Waals surface area contributed by atoms with E-state index in [4.69, 9.17) is 4.74 Å². The first-order chi connectivity index (χ1) is 9.83.